The minimum atomic E-state index is -1.34. The average Bonchev–Trinajstić information content (AvgIpc) is 3.70. The highest BCUT2D eigenvalue weighted by Gasteiger charge is 2.40. The summed E-state index contributed by atoms with van der Waals surface area (Å²) in [4.78, 5) is 40.8. The number of para-hydroxylation sites is 1. The Labute approximate surface area is 240 Å². The number of aromatic nitrogens is 6. The number of likely N-dealkylation sites (tertiary alicyclic amines) is 1. The largest absolute Gasteiger partial charge is 0.337 e. The van der Waals surface area contributed by atoms with Crippen LogP contribution < -0.4 is 5.32 Å². The molecule has 0 saturated carbocycles. The number of alkyl halides is 1. The number of nitrogens with one attached hydrogen (secondary N) is 1. The third kappa shape index (κ3) is 5.02. The quantitative estimate of drug-likeness (QED) is 0.298. The first-order valence-corrected chi connectivity index (χ1v) is 13.4. The number of amides is 2. The Hall–Kier alpha value is -5.26. The SMILES string of the molecule is CC(=O)c1cn(CC(=O)N2CC(F)CC2C(=O)Nc2ccccc2-c2nncn2C)c2ccc(-c3ccnnc3)cc12. The summed E-state index contributed by atoms with van der Waals surface area (Å²) < 4.78 is 18.1. The number of fused-ring (bicyclic) bond motifs is 1. The van der Waals surface area contributed by atoms with Crippen LogP contribution in [-0.4, -0.2) is 70.8 Å². The van der Waals surface area contributed by atoms with E-state index in [0.717, 1.165) is 11.1 Å². The lowest BCUT2D eigenvalue weighted by Crippen LogP contribution is -2.44. The molecule has 2 aromatic carbocycles. The van der Waals surface area contributed by atoms with Crippen molar-refractivity contribution in [3.05, 3.63) is 79.0 Å². The van der Waals surface area contributed by atoms with E-state index in [4.69, 9.17) is 0 Å². The molecule has 0 radical (unpaired) electrons. The Morgan fingerprint density at radius 3 is 2.62 bits per heavy atom. The van der Waals surface area contributed by atoms with Crippen molar-refractivity contribution in [2.75, 3.05) is 11.9 Å². The summed E-state index contributed by atoms with van der Waals surface area (Å²) in [5.74, 6) is -0.514. The van der Waals surface area contributed by atoms with E-state index in [9.17, 15) is 18.8 Å². The van der Waals surface area contributed by atoms with E-state index >= 15 is 0 Å². The van der Waals surface area contributed by atoms with Crippen LogP contribution >= 0.6 is 0 Å². The van der Waals surface area contributed by atoms with Gasteiger partial charge in [0.25, 0.3) is 0 Å². The van der Waals surface area contributed by atoms with Gasteiger partial charge in [-0.1, -0.05) is 18.2 Å². The molecule has 1 aliphatic rings. The third-order valence-corrected chi connectivity index (χ3v) is 7.49. The zero-order valence-corrected chi connectivity index (χ0v) is 22.9. The lowest BCUT2D eigenvalue weighted by atomic mass is 10.0. The molecule has 0 bridgehead atoms. The number of benzene rings is 2. The summed E-state index contributed by atoms with van der Waals surface area (Å²) in [6.45, 7) is 1.11. The van der Waals surface area contributed by atoms with Gasteiger partial charge in [0.2, 0.25) is 11.8 Å². The van der Waals surface area contributed by atoms with E-state index in [-0.39, 0.29) is 25.3 Å². The van der Waals surface area contributed by atoms with Crippen molar-refractivity contribution in [2.24, 2.45) is 7.05 Å². The monoisotopic (exact) mass is 566 g/mol. The maximum Gasteiger partial charge on any atom is 0.247 e. The molecule has 212 valence electrons. The smallest absolute Gasteiger partial charge is 0.247 e. The van der Waals surface area contributed by atoms with E-state index in [1.165, 1.54) is 11.8 Å². The van der Waals surface area contributed by atoms with Gasteiger partial charge in [0.15, 0.2) is 11.6 Å². The molecule has 5 aromatic rings. The topological polar surface area (TPSA) is 128 Å². The van der Waals surface area contributed by atoms with E-state index in [2.05, 4.69) is 25.7 Å². The van der Waals surface area contributed by atoms with Crippen molar-refractivity contribution in [1.29, 1.82) is 0 Å². The molecule has 1 N–H and O–H groups in total. The number of carbonyl (C=O) groups is 3. The molecule has 42 heavy (non-hydrogen) atoms. The number of anilines is 1. The van der Waals surface area contributed by atoms with Gasteiger partial charge in [0, 0.05) is 47.3 Å². The van der Waals surface area contributed by atoms with E-state index in [1.54, 1.807) is 59.3 Å². The van der Waals surface area contributed by atoms with E-state index in [1.807, 2.05) is 30.3 Å². The van der Waals surface area contributed by atoms with Crippen molar-refractivity contribution in [2.45, 2.75) is 32.1 Å². The fraction of sp³-hybridized carbons (Fsp3) is 0.233. The third-order valence-electron chi connectivity index (χ3n) is 7.49. The highest BCUT2D eigenvalue weighted by atomic mass is 19.1. The molecule has 6 rings (SSSR count). The van der Waals surface area contributed by atoms with Gasteiger partial charge in [-0.05, 0) is 42.8 Å². The number of rotatable bonds is 7. The number of carbonyl (C=O) groups excluding carboxylic acids is 3. The molecule has 2 amide bonds. The molecular formula is C30H27FN8O3. The molecular weight excluding hydrogens is 539 g/mol. The Balaban J connectivity index is 1.26. The lowest BCUT2D eigenvalue weighted by Gasteiger charge is -2.24. The van der Waals surface area contributed by atoms with E-state index < -0.39 is 24.0 Å². The van der Waals surface area contributed by atoms with Crippen LogP contribution in [0.15, 0.2) is 73.4 Å². The summed E-state index contributed by atoms with van der Waals surface area (Å²) in [6, 6.07) is 13.5. The molecule has 12 heteroatoms. The summed E-state index contributed by atoms with van der Waals surface area (Å²) in [5, 5.41) is 19.3. The first-order chi connectivity index (χ1) is 20.3. The Bertz CT molecular complexity index is 1820. The number of hydrogen-bond donors (Lipinski definition) is 1. The Kier molecular flexibility index (Phi) is 7.03. The summed E-state index contributed by atoms with van der Waals surface area (Å²) in [7, 11) is 1.79. The number of halogens is 1. The molecule has 2 unspecified atom stereocenters. The molecule has 1 fully saturated rings. The first kappa shape index (κ1) is 26.9. The second kappa shape index (κ2) is 11.0. The number of aryl methyl sites for hydroxylation is 1. The van der Waals surface area contributed by atoms with Gasteiger partial charge in [0.1, 0.15) is 25.1 Å². The number of ketones is 1. The zero-order valence-electron chi connectivity index (χ0n) is 22.9. The highest BCUT2D eigenvalue weighted by molar-refractivity contribution is 6.08. The minimum Gasteiger partial charge on any atom is -0.337 e. The van der Waals surface area contributed by atoms with Gasteiger partial charge < -0.3 is 19.4 Å². The molecule has 0 aliphatic carbocycles. The van der Waals surface area contributed by atoms with Crippen LogP contribution in [0, 0.1) is 0 Å². The van der Waals surface area contributed by atoms with Crippen LogP contribution in [0.5, 0.6) is 0 Å². The zero-order chi connectivity index (χ0) is 29.4. The van der Waals surface area contributed by atoms with Crippen LogP contribution in [0.4, 0.5) is 10.1 Å². The van der Waals surface area contributed by atoms with Crippen molar-refractivity contribution >= 4 is 34.2 Å². The van der Waals surface area contributed by atoms with Crippen LogP contribution in [-0.2, 0) is 23.2 Å². The Morgan fingerprint density at radius 2 is 1.88 bits per heavy atom. The van der Waals surface area contributed by atoms with Gasteiger partial charge in [-0.15, -0.1) is 10.2 Å². The minimum absolute atomic E-state index is 0.113. The van der Waals surface area contributed by atoms with Crippen LogP contribution in [0.1, 0.15) is 23.7 Å². The number of nitrogens with zero attached hydrogens (tertiary/aromatic N) is 7. The predicted molar refractivity (Wildman–Crippen MR) is 153 cm³/mol. The van der Waals surface area contributed by atoms with Crippen molar-refractivity contribution < 1.29 is 18.8 Å². The van der Waals surface area contributed by atoms with Gasteiger partial charge >= 0.3 is 0 Å². The van der Waals surface area contributed by atoms with Gasteiger partial charge in [0.05, 0.1) is 24.6 Å². The van der Waals surface area contributed by atoms with Crippen LogP contribution in [0.3, 0.4) is 0 Å². The molecule has 3 aromatic heterocycles. The van der Waals surface area contributed by atoms with Crippen molar-refractivity contribution in [1.82, 2.24) is 34.4 Å². The first-order valence-electron chi connectivity index (χ1n) is 13.4. The van der Waals surface area contributed by atoms with Gasteiger partial charge in [-0.25, -0.2) is 4.39 Å². The second-order valence-corrected chi connectivity index (χ2v) is 10.3. The van der Waals surface area contributed by atoms with E-state index in [0.29, 0.717) is 33.5 Å². The van der Waals surface area contributed by atoms with Crippen LogP contribution in [0.25, 0.3) is 33.4 Å². The highest BCUT2D eigenvalue weighted by Crippen LogP contribution is 2.30. The predicted octanol–water partition coefficient (Wildman–Crippen LogP) is 3.67. The Morgan fingerprint density at radius 1 is 1.05 bits per heavy atom. The molecule has 11 nitrogen and oxygen atoms in total. The number of Topliss-reactive ketones (excluding diaryl/α,β-unsaturated/α-hetero) is 1. The molecule has 2 atom stereocenters. The average molecular weight is 567 g/mol. The molecule has 4 heterocycles. The molecule has 1 saturated heterocycles. The van der Waals surface area contributed by atoms with Gasteiger partial charge in [-0.3, -0.25) is 14.4 Å². The standard InChI is InChI=1S/C30H27FN8O3/c1-18(40)24-15-38(26-8-7-19(11-23(24)26)20-9-10-32-33-13-20)16-28(41)39-14-21(31)12-27(39)30(42)35-25-6-4-3-5-22(25)29-36-34-17-37(29)2/h3-11,13,15,17,21,27H,12,14,16H2,1-2H3,(H,35,42). The summed E-state index contributed by atoms with van der Waals surface area (Å²) >= 11 is 0. The van der Waals surface area contributed by atoms with Crippen molar-refractivity contribution in [3.8, 4) is 22.5 Å². The summed E-state index contributed by atoms with van der Waals surface area (Å²) in [5.41, 5.74) is 3.95. The van der Waals surface area contributed by atoms with Crippen molar-refractivity contribution in [3.63, 3.8) is 0 Å². The normalized spacial score (nSPS) is 16.6. The summed E-state index contributed by atoms with van der Waals surface area (Å²) in [6.07, 6.45) is 4.95. The second-order valence-electron chi connectivity index (χ2n) is 10.3. The maximum absolute atomic E-state index is 14.7. The van der Waals surface area contributed by atoms with Gasteiger partial charge in [-0.2, -0.15) is 10.2 Å². The number of hydrogen-bond acceptors (Lipinski definition) is 7. The molecule has 1 aliphatic heterocycles. The molecule has 0 spiro atoms. The lowest BCUT2D eigenvalue weighted by molar-refractivity contribution is -0.137. The van der Waals surface area contributed by atoms with Crippen LogP contribution in [0.2, 0.25) is 0 Å². The fourth-order valence-corrected chi connectivity index (χ4v) is 5.43. The fourth-order valence-electron chi connectivity index (χ4n) is 5.43. The maximum atomic E-state index is 14.7.